The molecule has 20 heavy (non-hydrogen) atoms. The first-order chi connectivity index (χ1) is 9.37. The van der Waals surface area contributed by atoms with Crippen molar-refractivity contribution in [3.63, 3.8) is 0 Å². The van der Waals surface area contributed by atoms with E-state index in [2.05, 4.69) is 5.32 Å². The molecular formula is C15H19NO3S. The summed E-state index contributed by atoms with van der Waals surface area (Å²) in [4.78, 5) is 23.7. The van der Waals surface area contributed by atoms with Crippen LogP contribution in [0.25, 0.3) is 0 Å². The Morgan fingerprint density at radius 2 is 2.10 bits per heavy atom. The Bertz CT molecular complexity index is 518. The number of anilines is 1. The highest BCUT2D eigenvalue weighted by Gasteiger charge is 2.24. The molecule has 1 aromatic carbocycles. The topological polar surface area (TPSA) is 55.4 Å². The molecule has 5 heteroatoms. The second kappa shape index (κ2) is 5.87. The van der Waals surface area contributed by atoms with Crippen LogP contribution in [0.5, 0.6) is 0 Å². The lowest BCUT2D eigenvalue weighted by atomic mass is 10.2. The molecule has 0 bridgehead atoms. The van der Waals surface area contributed by atoms with Gasteiger partial charge in [0.05, 0.1) is 5.69 Å². The van der Waals surface area contributed by atoms with E-state index in [1.54, 1.807) is 23.9 Å². The SMILES string of the molecule is CC(C)(C)OC(=O)Nc1cc(C=O)ccc1SC1CC1. The van der Waals surface area contributed by atoms with Gasteiger partial charge < -0.3 is 4.74 Å². The number of benzene rings is 1. The van der Waals surface area contributed by atoms with E-state index < -0.39 is 11.7 Å². The molecule has 1 aliphatic carbocycles. The number of rotatable bonds is 4. The van der Waals surface area contributed by atoms with Crippen LogP contribution in [0.3, 0.4) is 0 Å². The second-order valence-electron chi connectivity index (χ2n) is 5.82. The Morgan fingerprint density at radius 3 is 2.65 bits per heavy atom. The summed E-state index contributed by atoms with van der Waals surface area (Å²) < 4.78 is 5.24. The summed E-state index contributed by atoms with van der Waals surface area (Å²) >= 11 is 1.73. The van der Waals surface area contributed by atoms with E-state index in [9.17, 15) is 9.59 Å². The van der Waals surface area contributed by atoms with E-state index in [1.807, 2.05) is 26.8 Å². The molecule has 1 fully saturated rings. The number of amides is 1. The zero-order valence-corrected chi connectivity index (χ0v) is 12.8. The van der Waals surface area contributed by atoms with E-state index in [0.717, 1.165) is 11.2 Å². The molecule has 1 aromatic rings. The fourth-order valence-corrected chi connectivity index (χ4v) is 2.71. The van der Waals surface area contributed by atoms with E-state index >= 15 is 0 Å². The van der Waals surface area contributed by atoms with Gasteiger partial charge in [0.25, 0.3) is 0 Å². The highest BCUT2D eigenvalue weighted by molar-refractivity contribution is 8.00. The summed E-state index contributed by atoms with van der Waals surface area (Å²) in [5, 5.41) is 3.36. The first-order valence-electron chi connectivity index (χ1n) is 6.63. The summed E-state index contributed by atoms with van der Waals surface area (Å²) in [6, 6.07) is 5.32. The van der Waals surface area contributed by atoms with Crippen LogP contribution >= 0.6 is 11.8 Å². The van der Waals surface area contributed by atoms with Crippen molar-refractivity contribution in [2.75, 3.05) is 5.32 Å². The number of ether oxygens (including phenoxy) is 1. The van der Waals surface area contributed by atoms with Gasteiger partial charge in [0.2, 0.25) is 0 Å². The van der Waals surface area contributed by atoms with Gasteiger partial charge in [-0.05, 0) is 45.7 Å². The minimum atomic E-state index is -0.545. The van der Waals surface area contributed by atoms with Gasteiger partial charge in [-0.1, -0.05) is 6.07 Å². The smallest absolute Gasteiger partial charge is 0.412 e. The summed E-state index contributed by atoms with van der Waals surface area (Å²) in [5.74, 6) is 0. The Morgan fingerprint density at radius 1 is 1.40 bits per heavy atom. The van der Waals surface area contributed by atoms with Crippen LogP contribution in [0.4, 0.5) is 10.5 Å². The first kappa shape index (κ1) is 14.9. The van der Waals surface area contributed by atoms with Crippen LogP contribution in [0.1, 0.15) is 44.0 Å². The first-order valence-corrected chi connectivity index (χ1v) is 7.51. The summed E-state index contributed by atoms with van der Waals surface area (Å²) in [5.41, 5.74) is 0.632. The average Bonchev–Trinajstić information content (AvgIpc) is 3.12. The van der Waals surface area contributed by atoms with Crippen molar-refractivity contribution in [1.82, 2.24) is 0 Å². The predicted molar refractivity (Wildman–Crippen MR) is 80.6 cm³/mol. The lowest BCUT2D eigenvalue weighted by Crippen LogP contribution is -2.27. The molecule has 1 saturated carbocycles. The summed E-state index contributed by atoms with van der Waals surface area (Å²) in [6.07, 6.45) is 2.67. The summed E-state index contributed by atoms with van der Waals surface area (Å²) in [6.45, 7) is 5.44. The van der Waals surface area contributed by atoms with Crippen molar-refractivity contribution in [1.29, 1.82) is 0 Å². The predicted octanol–water partition coefficient (Wildman–Crippen LogP) is 4.10. The van der Waals surface area contributed by atoms with Gasteiger partial charge in [0, 0.05) is 15.7 Å². The lowest BCUT2D eigenvalue weighted by Gasteiger charge is -2.20. The Labute approximate surface area is 123 Å². The number of carbonyl (C=O) groups excluding carboxylic acids is 2. The minimum absolute atomic E-state index is 0.502. The molecule has 0 radical (unpaired) electrons. The van der Waals surface area contributed by atoms with Crippen molar-refractivity contribution in [2.24, 2.45) is 0 Å². The van der Waals surface area contributed by atoms with Gasteiger partial charge in [-0.3, -0.25) is 10.1 Å². The van der Waals surface area contributed by atoms with Gasteiger partial charge in [-0.2, -0.15) is 0 Å². The standard InChI is InChI=1S/C15H19NO3S/c1-15(2,3)19-14(18)16-12-8-10(9-17)4-7-13(12)20-11-5-6-11/h4,7-9,11H,5-6H2,1-3H3,(H,16,18). The van der Waals surface area contributed by atoms with Crippen LogP contribution in [-0.4, -0.2) is 23.2 Å². The molecule has 0 spiro atoms. The Balaban J connectivity index is 2.14. The molecule has 1 amide bonds. The lowest BCUT2D eigenvalue weighted by molar-refractivity contribution is 0.0635. The van der Waals surface area contributed by atoms with E-state index in [-0.39, 0.29) is 0 Å². The molecule has 0 heterocycles. The molecule has 0 unspecified atom stereocenters. The average molecular weight is 293 g/mol. The van der Waals surface area contributed by atoms with Gasteiger partial charge in [0.15, 0.2) is 0 Å². The van der Waals surface area contributed by atoms with Crippen molar-refractivity contribution >= 4 is 29.8 Å². The van der Waals surface area contributed by atoms with Crippen molar-refractivity contribution < 1.29 is 14.3 Å². The highest BCUT2D eigenvalue weighted by Crippen LogP contribution is 2.42. The highest BCUT2D eigenvalue weighted by atomic mass is 32.2. The third-order valence-corrected chi connectivity index (χ3v) is 4.01. The number of hydrogen-bond donors (Lipinski definition) is 1. The van der Waals surface area contributed by atoms with Crippen LogP contribution in [0.15, 0.2) is 23.1 Å². The van der Waals surface area contributed by atoms with Crippen molar-refractivity contribution in [3.05, 3.63) is 23.8 Å². The molecule has 1 N–H and O–H groups in total. The molecule has 0 atom stereocenters. The van der Waals surface area contributed by atoms with Gasteiger partial charge in [-0.15, -0.1) is 11.8 Å². The second-order valence-corrected chi connectivity index (χ2v) is 7.16. The number of thioether (sulfide) groups is 1. The van der Waals surface area contributed by atoms with Gasteiger partial charge >= 0.3 is 6.09 Å². The zero-order chi connectivity index (χ0) is 14.8. The molecule has 2 rings (SSSR count). The van der Waals surface area contributed by atoms with E-state index in [0.29, 0.717) is 16.5 Å². The van der Waals surface area contributed by atoms with Gasteiger partial charge in [-0.25, -0.2) is 4.79 Å². The van der Waals surface area contributed by atoms with Crippen LogP contribution in [0.2, 0.25) is 0 Å². The fourth-order valence-electron chi connectivity index (χ4n) is 1.60. The fraction of sp³-hybridized carbons (Fsp3) is 0.467. The molecule has 0 aliphatic heterocycles. The number of carbonyl (C=O) groups is 2. The third-order valence-electron chi connectivity index (χ3n) is 2.59. The summed E-state index contributed by atoms with van der Waals surface area (Å²) in [7, 11) is 0. The Kier molecular flexibility index (Phi) is 4.38. The maximum Gasteiger partial charge on any atom is 0.412 e. The molecular weight excluding hydrogens is 274 g/mol. The van der Waals surface area contributed by atoms with E-state index in [4.69, 9.17) is 4.74 Å². The maximum absolute atomic E-state index is 11.9. The normalized spacial score (nSPS) is 14.8. The third kappa shape index (κ3) is 4.56. The van der Waals surface area contributed by atoms with Crippen LogP contribution in [-0.2, 0) is 4.74 Å². The number of nitrogens with one attached hydrogen (secondary N) is 1. The number of aldehydes is 1. The monoisotopic (exact) mass is 293 g/mol. The molecule has 0 saturated heterocycles. The maximum atomic E-state index is 11.9. The zero-order valence-electron chi connectivity index (χ0n) is 11.9. The van der Waals surface area contributed by atoms with Crippen LogP contribution in [0, 0.1) is 0 Å². The molecule has 1 aliphatic rings. The Hall–Kier alpha value is -1.49. The van der Waals surface area contributed by atoms with Crippen LogP contribution < -0.4 is 5.32 Å². The van der Waals surface area contributed by atoms with Gasteiger partial charge in [0.1, 0.15) is 11.9 Å². The molecule has 0 aromatic heterocycles. The van der Waals surface area contributed by atoms with Crippen molar-refractivity contribution in [2.45, 2.75) is 49.4 Å². The minimum Gasteiger partial charge on any atom is -0.444 e. The largest absolute Gasteiger partial charge is 0.444 e. The van der Waals surface area contributed by atoms with E-state index in [1.165, 1.54) is 12.8 Å². The quantitative estimate of drug-likeness (QED) is 0.849. The van der Waals surface area contributed by atoms with Crippen molar-refractivity contribution in [3.8, 4) is 0 Å². The number of hydrogen-bond acceptors (Lipinski definition) is 4. The molecule has 4 nitrogen and oxygen atoms in total. The molecule has 108 valence electrons.